The molecule has 21 heavy (non-hydrogen) atoms. The molecule has 1 aromatic heterocycles. The molecular formula is C16H20BrN3O. The van der Waals surface area contributed by atoms with Crippen molar-refractivity contribution in [2.24, 2.45) is 0 Å². The number of hydrogen-bond donors (Lipinski definition) is 1. The van der Waals surface area contributed by atoms with Crippen LogP contribution in [0.25, 0.3) is 0 Å². The van der Waals surface area contributed by atoms with Gasteiger partial charge < -0.3 is 15.2 Å². The van der Waals surface area contributed by atoms with Gasteiger partial charge in [-0.3, -0.25) is 4.79 Å². The standard InChI is InChI=1S/C16H20BrN3O/c1-3-8-20-11-13(18)9-15(20)16(21)19(2)10-12-6-4-5-7-14(12)17/h4-7,9,11H,3,8,10,18H2,1-2H3. The van der Waals surface area contributed by atoms with Crippen LogP contribution in [-0.2, 0) is 13.1 Å². The van der Waals surface area contributed by atoms with Gasteiger partial charge in [-0.1, -0.05) is 41.1 Å². The fourth-order valence-corrected chi connectivity index (χ4v) is 2.70. The lowest BCUT2D eigenvalue weighted by atomic mass is 10.2. The van der Waals surface area contributed by atoms with E-state index in [0.717, 1.165) is 23.0 Å². The molecule has 2 N–H and O–H groups in total. The van der Waals surface area contributed by atoms with E-state index < -0.39 is 0 Å². The molecule has 0 saturated carbocycles. The molecule has 112 valence electrons. The molecule has 2 rings (SSSR count). The van der Waals surface area contributed by atoms with Crippen molar-refractivity contribution in [2.45, 2.75) is 26.4 Å². The van der Waals surface area contributed by atoms with Crippen LogP contribution in [0.3, 0.4) is 0 Å². The highest BCUT2D eigenvalue weighted by Gasteiger charge is 2.17. The molecule has 2 aromatic rings. The Morgan fingerprint density at radius 2 is 2.10 bits per heavy atom. The summed E-state index contributed by atoms with van der Waals surface area (Å²) in [6.07, 6.45) is 2.78. The Bertz CT molecular complexity index is 636. The highest BCUT2D eigenvalue weighted by atomic mass is 79.9. The van der Waals surface area contributed by atoms with Crippen molar-refractivity contribution < 1.29 is 4.79 Å². The van der Waals surface area contributed by atoms with Gasteiger partial charge in [-0.05, 0) is 24.1 Å². The van der Waals surface area contributed by atoms with Gasteiger partial charge in [0.05, 0.1) is 5.69 Å². The van der Waals surface area contributed by atoms with Crippen LogP contribution in [0, 0.1) is 0 Å². The Kier molecular flexibility index (Phi) is 5.07. The van der Waals surface area contributed by atoms with E-state index in [-0.39, 0.29) is 5.91 Å². The number of halogens is 1. The van der Waals surface area contributed by atoms with Crippen molar-refractivity contribution in [1.82, 2.24) is 9.47 Å². The SMILES string of the molecule is CCCn1cc(N)cc1C(=O)N(C)Cc1ccccc1Br. The van der Waals surface area contributed by atoms with Crippen LogP contribution in [-0.4, -0.2) is 22.4 Å². The first-order valence-electron chi connectivity index (χ1n) is 6.97. The Labute approximate surface area is 133 Å². The molecule has 0 atom stereocenters. The average Bonchev–Trinajstić information content (AvgIpc) is 2.81. The van der Waals surface area contributed by atoms with Gasteiger partial charge in [-0.15, -0.1) is 0 Å². The van der Waals surface area contributed by atoms with E-state index in [1.165, 1.54) is 0 Å². The van der Waals surface area contributed by atoms with E-state index in [2.05, 4.69) is 22.9 Å². The summed E-state index contributed by atoms with van der Waals surface area (Å²) in [5.74, 6) is -0.0177. The number of nitrogens with zero attached hydrogens (tertiary/aromatic N) is 2. The van der Waals surface area contributed by atoms with Gasteiger partial charge >= 0.3 is 0 Å². The van der Waals surface area contributed by atoms with Crippen LogP contribution in [0.4, 0.5) is 5.69 Å². The van der Waals surface area contributed by atoms with Gasteiger partial charge in [0.2, 0.25) is 0 Å². The van der Waals surface area contributed by atoms with Crippen molar-refractivity contribution in [3.05, 3.63) is 52.3 Å². The number of nitrogens with two attached hydrogens (primary N) is 1. The van der Waals surface area contributed by atoms with E-state index in [4.69, 9.17) is 5.73 Å². The summed E-state index contributed by atoms with van der Waals surface area (Å²) >= 11 is 3.51. The fraction of sp³-hybridized carbons (Fsp3) is 0.312. The van der Waals surface area contributed by atoms with Crippen LogP contribution in [0.5, 0.6) is 0 Å². The Balaban J connectivity index is 2.18. The van der Waals surface area contributed by atoms with Gasteiger partial charge in [-0.25, -0.2) is 0 Å². The molecule has 4 nitrogen and oxygen atoms in total. The molecule has 0 bridgehead atoms. The normalized spacial score (nSPS) is 10.6. The molecule has 1 amide bonds. The van der Waals surface area contributed by atoms with Crippen molar-refractivity contribution in [3.63, 3.8) is 0 Å². The minimum atomic E-state index is -0.0177. The van der Waals surface area contributed by atoms with Crippen LogP contribution < -0.4 is 5.73 Å². The third kappa shape index (κ3) is 3.67. The summed E-state index contributed by atoms with van der Waals surface area (Å²) in [6, 6.07) is 9.66. The zero-order valence-electron chi connectivity index (χ0n) is 12.3. The molecule has 0 spiro atoms. The number of hydrogen-bond acceptors (Lipinski definition) is 2. The third-order valence-corrected chi connectivity index (χ3v) is 4.09. The summed E-state index contributed by atoms with van der Waals surface area (Å²) in [6.45, 7) is 3.42. The number of amides is 1. The van der Waals surface area contributed by atoms with Crippen LogP contribution >= 0.6 is 15.9 Å². The molecule has 0 fully saturated rings. The maximum atomic E-state index is 12.6. The van der Waals surface area contributed by atoms with Crippen molar-refractivity contribution in [1.29, 1.82) is 0 Å². The number of carbonyl (C=O) groups is 1. The summed E-state index contributed by atoms with van der Waals surface area (Å²) in [4.78, 5) is 14.3. The first-order valence-corrected chi connectivity index (χ1v) is 7.76. The second kappa shape index (κ2) is 6.80. The largest absolute Gasteiger partial charge is 0.397 e. The molecule has 0 unspecified atom stereocenters. The predicted octanol–water partition coefficient (Wildman–Crippen LogP) is 3.52. The highest BCUT2D eigenvalue weighted by molar-refractivity contribution is 9.10. The molecule has 0 saturated heterocycles. The van der Waals surface area contributed by atoms with E-state index in [1.807, 2.05) is 35.0 Å². The van der Waals surface area contributed by atoms with E-state index in [0.29, 0.717) is 17.9 Å². The highest BCUT2D eigenvalue weighted by Crippen LogP contribution is 2.19. The lowest BCUT2D eigenvalue weighted by molar-refractivity contribution is 0.0774. The summed E-state index contributed by atoms with van der Waals surface area (Å²) in [5.41, 5.74) is 8.17. The molecular weight excluding hydrogens is 330 g/mol. The van der Waals surface area contributed by atoms with Crippen molar-refractivity contribution in [3.8, 4) is 0 Å². The molecule has 1 heterocycles. The van der Waals surface area contributed by atoms with Crippen LogP contribution in [0.2, 0.25) is 0 Å². The Hall–Kier alpha value is -1.75. The van der Waals surface area contributed by atoms with Gasteiger partial charge in [0.1, 0.15) is 5.69 Å². The van der Waals surface area contributed by atoms with E-state index in [1.54, 1.807) is 18.0 Å². The number of anilines is 1. The smallest absolute Gasteiger partial charge is 0.270 e. The fourth-order valence-electron chi connectivity index (χ4n) is 2.29. The lowest BCUT2D eigenvalue weighted by Crippen LogP contribution is -2.28. The number of rotatable bonds is 5. The van der Waals surface area contributed by atoms with Crippen LogP contribution in [0.15, 0.2) is 41.0 Å². The molecule has 1 aromatic carbocycles. The van der Waals surface area contributed by atoms with Gasteiger partial charge in [-0.2, -0.15) is 0 Å². The van der Waals surface area contributed by atoms with Crippen LogP contribution in [0.1, 0.15) is 29.4 Å². The number of carbonyl (C=O) groups excluding carboxylic acids is 1. The predicted molar refractivity (Wildman–Crippen MR) is 89.1 cm³/mol. The molecule has 0 aliphatic rings. The van der Waals surface area contributed by atoms with Gasteiger partial charge in [0.15, 0.2) is 0 Å². The maximum Gasteiger partial charge on any atom is 0.270 e. The lowest BCUT2D eigenvalue weighted by Gasteiger charge is -2.19. The number of aryl methyl sites for hydroxylation is 1. The van der Waals surface area contributed by atoms with Crippen molar-refractivity contribution in [2.75, 3.05) is 12.8 Å². The summed E-state index contributed by atoms with van der Waals surface area (Å²) in [5, 5.41) is 0. The quantitative estimate of drug-likeness (QED) is 0.897. The van der Waals surface area contributed by atoms with E-state index >= 15 is 0 Å². The molecule has 0 aliphatic heterocycles. The number of benzene rings is 1. The van der Waals surface area contributed by atoms with Gasteiger partial charge in [0, 0.05) is 30.8 Å². The minimum Gasteiger partial charge on any atom is -0.397 e. The minimum absolute atomic E-state index is 0.0177. The number of aromatic nitrogens is 1. The Morgan fingerprint density at radius 1 is 1.38 bits per heavy atom. The topological polar surface area (TPSA) is 51.3 Å². The van der Waals surface area contributed by atoms with Gasteiger partial charge in [0.25, 0.3) is 5.91 Å². The molecule has 0 aliphatic carbocycles. The zero-order chi connectivity index (χ0) is 15.4. The zero-order valence-corrected chi connectivity index (χ0v) is 13.9. The summed E-state index contributed by atoms with van der Waals surface area (Å²) in [7, 11) is 1.81. The Morgan fingerprint density at radius 3 is 2.76 bits per heavy atom. The third-order valence-electron chi connectivity index (χ3n) is 3.31. The molecule has 5 heteroatoms. The maximum absolute atomic E-state index is 12.6. The number of nitrogen functional groups attached to an aromatic ring is 1. The summed E-state index contributed by atoms with van der Waals surface area (Å²) < 4.78 is 2.93. The first kappa shape index (κ1) is 15.6. The van der Waals surface area contributed by atoms with E-state index in [9.17, 15) is 4.79 Å². The monoisotopic (exact) mass is 349 g/mol. The second-order valence-electron chi connectivity index (χ2n) is 5.10. The molecule has 0 radical (unpaired) electrons. The second-order valence-corrected chi connectivity index (χ2v) is 5.96. The first-order chi connectivity index (χ1) is 10.0. The average molecular weight is 350 g/mol. The van der Waals surface area contributed by atoms with Crippen molar-refractivity contribution >= 4 is 27.5 Å².